The summed E-state index contributed by atoms with van der Waals surface area (Å²) in [5.41, 5.74) is 1.28. The Bertz CT molecular complexity index is 1130. The molecule has 0 spiro atoms. The molecular formula is C23H23F3N4O. The molecule has 5 nitrogen and oxygen atoms in total. The van der Waals surface area contributed by atoms with Crippen molar-refractivity contribution in [1.82, 2.24) is 20.4 Å². The zero-order valence-corrected chi connectivity index (χ0v) is 17.0. The molecule has 1 amide bonds. The number of amides is 1. The van der Waals surface area contributed by atoms with Crippen LogP contribution in [0.3, 0.4) is 0 Å². The number of aromatic nitrogens is 2. The van der Waals surface area contributed by atoms with Gasteiger partial charge in [-0.1, -0.05) is 18.2 Å². The second-order valence-corrected chi connectivity index (χ2v) is 8.60. The highest BCUT2D eigenvalue weighted by atomic mass is 19.4. The third-order valence-electron chi connectivity index (χ3n) is 6.72. The van der Waals surface area contributed by atoms with Crippen LogP contribution in [0.25, 0.3) is 22.0 Å². The van der Waals surface area contributed by atoms with Crippen LogP contribution in [0.1, 0.15) is 35.8 Å². The second-order valence-electron chi connectivity index (χ2n) is 8.60. The van der Waals surface area contributed by atoms with E-state index >= 15 is 0 Å². The lowest BCUT2D eigenvalue weighted by Crippen LogP contribution is -2.50. The van der Waals surface area contributed by atoms with Gasteiger partial charge in [0.25, 0.3) is 5.91 Å². The predicted molar refractivity (Wildman–Crippen MR) is 112 cm³/mol. The number of piperidine rings is 1. The fraction of sp³-hybridized carbons (Fsp3) is 0.391. The van der Waals surface area contributed by atoms with Gasteiger partial charge >= 0.3 is 6.18 Å². The van der Waals surface area contributed by atoms with Crippen molar-refractivity contribution in [3.8, 4) is 11.1 Å². The molecule has 0 aliphatic carbocycles. The number of aromatic amines is 1. The van der Waals surface area contributed by atoms with Gasteiger partial charge in [0.2, 0.25) is 0 Å². The predicted octanol–water partition coefficient (Wildman–Crippen LogP) is 4.46. The topological polar surface area (TPSA) is 61.0 Å². The van der Waals surface area contributed by atoms with Gasteiger partial charge in [-0.25, -0.2) is 0 Å². The third-order valence-corrected chi connectivity index (χ3v) is 6.72. The van der Waals surface area contributed by atoms with Gasteiger partial charge in [-0.3, -0.25) is 14.8 Å². The lowest BCUT2D eigenvalue weighted by molar-refractivity contribution is -0.137. The summed E-state index contributed by atoms with van der Waals surface area (Å²) in [6.45, 7) is 4.15. The summed E-state index contributed by atoms with van der Waals surface area (Å²) in [5.74, 6) is 0.343. The Morgan fingerprint density at radius 3 is 2.77 bits per heavy atom. The zero-order chi connectivity index (χ0) is 21.8. The van der Waals surface area contributed by atoms with Gasteiger partial charge in [0.15, 0.2) is 5.69 Å². The van der Waals surface area contributed by atoms with E-state index in [1.165, 1.54) is 12.5 Å². The van der Waals surface area contributed by atoms with Crippen molar-refractivity contribution < 1.29 is 18.0 Å². The molecule has 4 unspecified atom stereocenters. The van der Waals surface area contributed by atoms with E-state index in [0.717, 1.165) is 31.6 Å². The minimum Gasteiger partial charge on any atom is -0.347 e. The highest BCUT2D eigenvalue weighted by Gasteiger charge is 2.39. The number of rotatable bonds is 3. The number of nitrogens with zero attached hydrogens (tertiary/aromatic N) is 2. The molecule has 2 saturated heterocycles. The van der Waals surface area contributed by atoms with Crippen molar-refractivity contribution in [2.45, 2.75) is 38.0 Å². The molecule has 2 fully saturated rings. The van der Waals surface area contributed by atoms with E-state index in [0.29, 0.717) is 34.0 Å². The van der Waals surface area contributed by atoms with Crippen molar-refractivity contribution in [2.75, 3.05) is 13.1 Å². The highest BCUT2D eigenvalue weighted by Crippen LogP contribution is 2.34. The van der Waals surface area contributed by atoms with E-state index in [1.807, 2.05) is 0 Å². The molecule has 2 aliphatic heterocycles. The first kappa shape index (κ1) is 20.1. The van der Waals surface area contributed by atoms with E-state index in [-0.39, 0.29) is 17.6 Å². The van der Waals surface area contributed by atoms with Crippen LogP contribution in [0.15, 0.2) is 42.5 Å². The Hall–Kier alpha value is -2.87. The van der Waals surface area contributed by atoms with Gasteiger partial charge in [-0.2, -0.15) is 18.3 Å². The number of hydrogen-bond acceptors (Lipinski definition) is 3. The van der Waals surface area contributed by atoms with Gasteiger partial charge in [-0.15, -0.1) is 0 Å². The van der Waals surface area contributed by atoms with E-state index < -0.39 is 11.7 Å². The third kappa shape index (κ3) is 3.69. The standard InChI is InChI=1S/C23H23F3N4O/c1-13-14-7-8-30(13)12-18(10-14)27-22(31)21-19-11-16(5-6-20(19)28-29-21)15-3-2-4-17(9-15)23(24,25)26/h2-6,9,11,13-14,18H,7-8,10,12H2,1H3,(H,27,31)(H,28,29). The minimum atomic E-state index is -4.41. The highest BCUT2D eigenvalue weighted by molar-refractivity contribution is 6.05. The van der Waals surface area contributed by atoms with Crippen LogP contribution in [0.5, 0.6) is 0 Å². The molecule has 31 heavy (non-hydrogen) atoms. The molecule has 5 rings (SSSR count). The van der Waals surface area contributed by atoms with Crippen molar-refractivity contribution >= 4 is 16.8 Å². The van der Waals surface area contributed by atoms with Gasteiger partial charge < -0.3 is 5.32 Å². The lowest BCUT2D eigenvalue weighted by Gasteiger charge is -2.35. The van der Waals surface area contributed by atoms with Crippen LogP contribution in [-0.2, 0) is 6.18 Å². The molecule has 162 valence electrons. The Morgan fingerprint density at radius 1 is 1.19 bits per heavy atom. The Balaban J connectivity index is 1.41. The van der Waals surface area contributed by atoms with Crippen molar-refractivity contribution in [2.24, 2.45) is 5.92 Å². The van der Waals surface area contributed by atoms with Crippen LogP contribution in [0.4, 0.5) is 13.2 Å². The monoisotopic (exact) mass is 428 g/mol. The first-order valence-electron chi connectivity index (χ1n) is 10.5. The lowest BCUT2D eigenvalue weighted by atomic mass is 9.90. The number of carbonyl (C=O) groups is 1. The average Bonchev–Trinajstić information content (AvgIpc) is 3.24. The quantitative estimate of drug-likeness (QED) is 0.648. The molecule has 0 saturated carbocycles. The summed E-state index contributed by atoms with van der Waals surface area (Å²) >= 11 is 0. The zero-order valence-electron chi connectivity index (χ0n) is 17.0. The molecule has 3 aromatic rings. The Kier molecular flexibility index (Phi) is 4.77. The SMILES string of the molecule is CC1C2CCN1CC(NC(=O)c1n[nH]c3ccc(-c4cccc(C(F)(F)F)c4)cc13)C2. The fourth-order valence-corrected chi connectivity index (χ4v) is 4.97. The average molecular weight is 428 g/mol. The summed E-state index contributed by atoms with van der Waals surface area (Å²) in [6.07, 6.45) is -2.28. The smallest absolute Gasteiger partial charge is 0.347 e. The number of fused-ring (bicyclic) bond motifs is 3. The van der Waals surface area contributed by atoms with E-state index in [9.17, 15) is 18.0 Å². The number of H-pyrrole nitrogens is 1. The Morgan fingerprint density at radius 2 is 2.00 bits per heavy atom. The normalized spacial score (nSPS) is 25.7. The van der Waals surface area contributed by atoms with Crippen molar-refractivity contribution in [3.63, 3.8) is 0 Å². The molecule has 1 aromatic heterocycles. The van der Waals surface area contributed by atoms with Crippen LogP contribution >= 0.6 is 0 Å². The fourth-order valence-electron chi connectivity index (χ4n) is 4.97. The van der Waals surface area contributed by atoms with Crippen LogP contribution in [0, 0.1) is 5.92 Å². The van der Waals surface area contributed by atoms with Gasteiger partial charge in [0, 0.05) is 24.0 Å². The number of alkyl halides is 3. The molecule has 2 aliphatic rings. The molecule has 2 bridgehead atoms. The first-order valence-corrected chi connectivity index (χ1v) is 10.5. The number of nitrogens with one attached hydrogen (secondary N) is 2. The van der Waals surface area contributed by atoms with E-state index in [4.69, 9.17) is 0 Å². The molecule has 0 radical (unpaired) electrons. The number of halogens is 3. The number of benzene rings is 2. The molecule has 3 heterocycles. The molecular weight excluding hydrogens is 405 g/mol. The molecule has 8 heteroatoms. The minimum absolute atomic E-state index is 0.0783. The van der Waals surface area contributed by atoms with E-state index in [2.05, 4.69) is 27.3 Å². The summed E-state index contributed by atoms with van der Waals surface area (Å²) in [7, 11) is 0. The Labute approximate surface area is 177 Å². The van der Waals surface area contributed by atoms with Crippen LogP contribution in [0.2, 0.25) is 0 Å². The summed E-state index contributed by atoms with van der Waals surface area (Å²) in [4.78, 5) is 15.4. The van der Waals surface area contributed by atoms with Gasteiger partial charge in [0.1, 0.15) is 0 Å². The van der Waals surface area contributed by atoms with E-state index in [1.54, 1.807) is 24.3 Å². The van der Waals surface area contributed by atoms with Crippen LogP contribution < -0.4 is 5.32 Å². The number of carbonyl (C=O) groups excluding carboxylic acids is 1. The van der Waals surface area contributed by atoms with Crippen LogP contribution in [-0.4, -0.2) is 46.2 Å². The maximum Gasteiger partial charge on any atom is 0.416 e. The molecule has 2 aromatic carbocycles. The molecule has 2 N–H and O–H groups in total. The second kappa shape index (κ2) is 7.37. The van der Waals surface area contributed by atoms with Gasteiger partial charge in [0.05, 0.1) is 11.1 Å². The summed E-state index contributed by atoms with van der Waals surface area (Å²) < 4.78 is 39.3. The summed E-state index contributed by atoms with van der Waals surface area (Å²) in [5, 5.41) is 10.8. The largest absolute Gasteiger partial charge is 0.416 e. The maximum absolute atomic E-state index is 13.1. The maximum atomic E-state index is 13.1. The summed E-state index contributed by atoms with van der Waals surface area (Å²) in [6, 6.07) is 11.0. The van der Waals surface area contributed by atoms with Crippen molar-refractivity contribution in [3.05, 3.63) is 53.7 Å². The first-order chi connectivity index (χ1) is 14.8. The number of hydrogen-bond donors (Lipinski definition) is 2. The van der Waals surface area contributed by atoms with Gasteiger partial charge in [-0.05, 0) is 67.6 Å². The van der Waals surface area contributed by atoms with Crippen molar-refractivity contribution in [1.29, 1.82) is 0 Å². The molecule has 4 atom stereocenters.